The minimum absolute atomic E-state index is 0.0740. The van der Waals surface area contributed by atoms with Crippen molar-refractivity contribution in [3.05, 3.63) is 0 Å². The van der Waals surface area contributed by atoms with Crippen LogP contribution in [0.15, 0.2) is 0 Å². The summed E-state index contributed by atoms with van der Waals surface area (Å²) in [5.41, 5.74) is 0. The standard InChI is InChI=1S/C6H16NO5PS/c1-14(2,3)12-6(8)4-7-5-13(9,10)11/h7H,4-5H2,1-3H3,(H2,9,10,11)/p+1. The monoisotopic (exact) mass is 246 g/mol. The molecule has 0 bridgehead atoms. The van der Waals surface area contributed by atoms with Crippen molar-refractivity contribution >= 4 is 23.9 Å². The van der Waals surface area contributed by atoms with Crippen LogP contribution in [0.2, 0.25) is 0 Å². The van der Waals surface area contributed by atoms with Gasteiger partial charge in [-0.25, -0.2) is 0 Å². The molecule has 0 rings (SSSR count). The highest BCUT2D eigenvalue weighted by atomic mass is 32.3. The number of carbonyl (C=O) groups excluding carboxylic acids is 1. The van der Waals surface area contributed by atoms with Crippen molar-refractivity contribution in [2.24, 2.45) is 0 Å². The molecule has 0 radical (unpaired) electrons. The summed E-state index contributed by atoms with van der Waals surface area (Å²) in [6, 6.07) is 0. The first-order chi connectivity index (χ1) is 6.10. The van der Waals surface area contributed by atoms with Gasteiger partial charge in [0.15, 0.2) is 6.54 Å². The molecule has 0 aliphatic heterocycles. The van der Waals surface area contributed by atoms with E-state index >= 15 is 0 Å². The summed E-state index contributed by atoms with van der Waals surface area (Å²) in [4.78, 5) is 26.2. The highest BCUT2D eigenvalue weighted by Gasteiger charge is 2.22. The lowest BCUT2D eigenvalue weighted by Crippen LogP contribution is -2.26. The first-order valence-corrected chi connectivity index (χ1v) is 8.36. The Morgan fingerprint density at radius 1 is 1.50 bits per heavy atom. The van der Waals surface area contributed by atoms with Crippen molar-refractivity contribution in [2.75, 3.05) is 31.6 Å². The molecule has 0 aliphatic rings. The predicted octanol–water partition coefficient (Wildman–Crippen LogP) is -0.161. The summed E-state index contributed by atoms with van der Waals surface area (Å²) >= 11 is 0. The Morgan fingerprint density at radius 3 is 2.36 bits per heavy atom. The fraction of sp³-hybridized carbons (Fsp3) is 0.833. The highest BCUT2D eigenvalue weighted by molar-refractivity contribution is 8.28. The van der Waals surface area contributed by atoms with Gasteiger partial charge in [-0.2, -0.15) is 0 Å². The summed E-state index contributed by atoms with van der Waals surface area (Å²) in [5.74, 6) is -0.249. The van der Waals surface area contributed by atoms with Crippen LogP contribution < -0.4 is 5.32 Å². The zero-order valence-corrected chi connectivity index (χ0v) is 10.1. The van der Waals surface area contributed by atoms with E-state index in [2.05, 4.69) is 5.32 Å². The number of nitrogens with one attached hydrogen (secondary N) is 1. The topological polar surface area (TPSA) is 100 Å². The van der Waals surface area contributed by atoms with Crippen molar-refractivity contribution in [1.29, 1.82) is 0 Å². The molecule has 0 aromatic heterocycles. The van der Waals surface area contributed by atoms with Crippen LogP contribution in [0.3, 0.4) is 0 Å². The Kier molecular flexibility index (Phi) is 5.11. The van der Waals surface area contributed by atoms with Gasteiger partial charge in [-0.05, 0) is 10.3 Å². The third-order valence-corrected chi connectivity index (χ3v) is 2.27. The normalized spacial score (nSPS) is 13.8. The maximum atomic E-state index is 10.4. The summed E-state index contributed by atoms with van der Waals surface area (Å²) in [6.45, 7) is -0.0740. The quantitative estimate of drug-likeness (QED) is 0.462. The Hall–Kier alpha value is -0.0700. The maximum Gasteiger partial charge on any atom is 0.509 e. The third-order valence-electron chi connectivity index (χ3n) is 0.940. The van der Waals surface area contributed by atoms with Gasteiger partial charge >= 0.3 is 13.6 Å². The van der Waals surface area contributed by atoms with Crippen molar-refractivity contribution in [3.63, 3.8) is 0 Å². The van der Waals surface area contributed by atoms with Gasteiger partial charge in [0.2, 0.25) is 0 Å². The van der Waals surface area contributed by atoms with Crippen LogP contribution in [0.25, 0.3) is 0 Å². The predicted molar refractivity (Wildman–Crippen MR) is 58.3 cm³/mol. The molecular weight excluding hydrogens is 229 g/mol. The van der Waals surface area contributed by atoms with Crippen molar-refractivity contribution in [3.8, 4) is 0 Å². The molecule has 0 aromatic rings. The highest BCUT2D eigenvalue weighted by Crippen LogP contribution is 2.36. The second kappa shape index (κ2) is 5.14. The molecule has 0 spiro atoms. The molecule has 0 saturated heterocycles. The Balaban J connectivity index is 3.72. The second-order valence-corrected chi connectivity index (χ2v) is 8.71. The lowest BCUT2D eigenvalue weighted by molar-refractivity contribution is 0.368. The van der Waals surface area contributed by atoms with Gasteiger partial charge in [0, 0.05) is 18.8 Å². The van der Waals surface area contributed by atoms with E-state index in [9.17, 15) is 9.36 Å². The molecule has 0 saturated carbocycles. The van der Waals surface area contributed by atoms with E-state index < -0.39 is 24.2 Å². The van der Waals surface area contributed by atoms with Gasteiger partial charge in [-0.1, -0.05) is 0 Å². The van der Waals surface area contributed by atoms with E-state index in [4.69, 9.17) is 14.0 Å². The summed E-state index contributed by atoms with van der Waals surface area (Å²) in [7, 11) is -5.37. The number of hydrogen-bond acceptors (Lipinski definition) is 3. The van der Waals surface area contributed by atoms with Crippen molar-refractivity contribution in [1.82, 2.24) is 5.32 Å². The maximum absolute atomic E-state index is 10.4. The lowest BCUT2D eigenvalue weighted by atomic mass is 10.7. The van der Waals surface area contributed by atoms with Crippen LogP contribution in [0, 0.1) is 0 Å². The molecule has 0 unspecified atom stereocenters. The molecule has 0 aliphatic carbocycles. The van der Waals surface area contributed by atoms with Crippen molar-refractivity contribution in [2.45, 2.75) is 0 Å². The van der Waals surface area contributed by atoms with Gasteiger partial charge < -0.3 is 14.6 Å². The van der Waals surface area contributed by atoms with Gasteiger partial charge in [0.25, 0.3) is 0 Å². The van der Waals surface area contributed by atoms with Gasteiger partial charge in [0.1, 0.15) is 0 Å². The molecule has 8 heteroatoms. The molecule has 4 N–H and O–H groups in total. The molecule has 0 aromatic carbocycles. The van der Waals surface area contributed by atoms with Crippen LogP contribution in [0.1, 0.15) is 0 Å². The first kappa shape index (κ1) is 13.9. The van der Waals surface area contributed by atoms with Crippen LogP contribution in [-0.4, -0.2) is 52.1 Å². The number of rotatable bonds is 5. The molecule has 0 atom stereocenters. The van der Waals surface area contributed by atoms with E-state index in [1.54, 1.807) is 0 Å². The van der Waals surface area contributed by atoms with Crippen LogP contribution in [-0.2, 0) is 8.75 Å². The lowest BCUT2D eigenvalue weighted by Gasteiger charge is -2.15. The van der Waals surface area contributed by atoms with E-state index in [-0.39, 0.29) is 12.5 Å². The molecule has 0 amide bonds. The third kappa shape index (κ3) is 10.0. The van der Waals surface area contributed by atoms with Gasteiger partial charge in [-0.15, -0.1) is 0 Å². The largest absolute Gasteiger partial charge is 0.509 e. The smallest absolute Gasteiger partial charge is 0.337 e. The molecular formula is C6H17NO5PS+. The Bertz CT molecular complexity index is 245. The zero-order chi connectivity index (χ0) is 11.4. The minimum atomic E-state index is -4.06. The average Bonchev–Trinajstić information content (AvgIpc) is 1.78. The summed E-state index contributed by atoms with van der Waals surface area (Å²) in [5, 5.41) is 2.39. The van der Waals surface area contributed by atoms with Gasteiger partial charge in [-0.3, -0.25) is 14.1 Å². The fourth-order valence-corrected chi connectivity index (χ4v) is 1.67. The molecule has 86 valence electrons. The molecule has 14 heavy (non-hydrogen) atoms. The Labute approximate surface area is 84.7 Å². The summed E-state index contributed by atoms with van der Waals surface area (Å²) < 4.78 is 15.5. The van der Waals surface area contributed by atoms with Crippen LogP contribution >= 0.6 is 17.9 Å². The zero-order valence-electron chi connectivity index (χ0n) is 8.43. The van der Waals surface area contributed by atoms with E-state index in [1.807, 2.05) is 18.8 Å². The fourth-order valence-electron chi connectivity index (χ4n) is 0.627. The second-order valence-electron chi connectivity index (χ2n) is 3.45. The SMILES string of the molecule is CS(C)(C)OC(=[OH+])CNCP(=O)(O)O. The van der Waals surface area contributed by atoms with Crippen molar-refractivity contribution < 1.29 is 23.3 Å². The van der Waals surface area contributed by atoms with Crippen LogP contribution in [0.4, 0.5) is 0 Å². The molecule has 6 nitrogen and oxygen atoms in total. The average molecular weight is 246 g/mol. The summed E-state index contributed by atoms with van der Waals surface area (Å²) in [6.07, 6.45) is 5.05. The number of hydrogen-bond donors (Lipinski definition) is 3. The minimum Gasteiger partial charge on any atom is -0.337 e. The first-order valence-electron chi connectivity index (χ1n) is 3.78. The molecule has 0 fully saturated rings. The van der Waals surface area contributed by atoms with E-state index in [0.29, 0.717) is 0 Å². The van der Waals surface area contributed by atoms with E-state index in [1.165, 1.54) is 0 Å². The Morgan fingerprint density at radius 2 is 2.00 bits per heavy atom. The molecule has 0 heterocycles. The van der Waals surface area contributed by atoms with Crippen LogP contribution in [0.5, 0.6) is 0 Å². The van der Waals surface area contributed by atoms with Gasteiger partial charge in [0.05, 0.1) is 6.29 Å². The van der Waals surface area contributed by atoms with E-state index in [0.717, 1.165) is 0 Å².